The van der Waals surface area contributed by atoms with Crippen LogP contribution >= 0.6 is 0 Å². The zero-order valence-corrected chi connectivity index (χ0v) is 13.7. The number of carboxylic acid groups (broad SMARTS) is 4. The van der Waals surface area contributed by atoms with E-state index in [0.29, 0.717) is 19.3 Å². The minimum atomic E-state index is -0.833. The van der Waals surface area contributed by atoms with Crippen LogP contribution < -0.4 is 0 Å². The van der Waals surface area contributed by atoms with E-state index in [4.69, 9.17) is 25.2 Å². The zero-order valence-electron chi connectivity index (χ0n) is 13.7. The maximum atomic E-state index is 9.60. The molecule has 0 bridgehead atoms. The summed E-state index contributed by atoms with van der Waals surface area (Å²) in [6.07, 6.45) is 3.07. The molecule has 22 heavy (non-hydrogen) atoms. The first-order valence-corrected chi connectivity index (χ1v) is 6.89. The monoisotopic (exact) mass is 324 g/mol. The first kappa shape index (κ1) is 28.1. The highest BCUT2D eigenvalue weighted by atomic mass is 16.4. The normalized spacial score (nSPS) is 7.82. The van der Waals surface area contributed by atoms with Crippen molar-refractivity contribution in [1.29, 1.82) is 0 Å². The van der Waals surface area contributed by atoms with Gasteiger partial charge in [0.2, 0.25) is 0 Å². The molecule has 0 rings (SSSR count). The molecule has 0 heterocycles. The Bertz CT molecular complexity index is 257. The lowest BCUT2D eigenvalue weighted by Crippen LogP contribution is -1.90. The molecule has 0 amide bonds. The largest absolute Gasteiger partial charge is 0.481 e. The summed E-state index contributed by atoms with van der Waals surface area (Å²) in [5.74, 6) is -2.97. The maximum Gasteiger partial charge on any atom is 0.303 e. The molecular weight excluding hydrogens is 296 g/mol. The lowest BCUT2D eigenvalue weighted by atomic mass is 10.4. The Balaban J connectivity index is -0.0000000994. The maximum absolute atomic E-state index is 9.60. The van der Waals surface area contributed by atoms with E-state index in [1.54, 1.807) is 0 Å². The molecule has 132 valence electrons. The summed E-state index contributed by atoms with van der Waals surface area (Å²) in [4.78, 5) is 37.8. The summed E-state index contributed by atoms with van der Waals surface area (Å²) in [6.45, 7) is 6.61. The van der Waals surface area contributed by atoms with Crippen LogP contribution in [0.3, 0.4) is 0 Å². The van der Waals surface area contributed by atoms with E-state index in [9.17, 15) is 14.4 Å². The molecule has 0 saturated heterocycles. The van der Waals surface area contributed by atoms with Crippen molar-refractivity contribution in [3.63, 3.8) is 0 Å². The summed E-state index contributed by atoms with van der Waals surface area (Å²) in [6, 6.07) is 0. The highest BCUT2D eigenvalue weighted by Gasteiger charge is 1.88. The van der Waals surface area contributed by atoms with Gasteiger partial charge in [-0.05, 0) is 19.3 Å². The molecular formula is C14H28O8. The van der Waals surface area contributed by atoms with Gasteiger partial charge in [-0.3, -0.25) is 19.2 Å². The summed E-state index contributed by atoms with van der Waals surface area (Å²) in [7, 11) is 0. The van der Waals surface area contributed by atoms with E-state index in [1.165, 1.54) is 0 Å². The number of aliphatic carboxylic acids is 4. The standard InChI is InChI=1S/3C4H8O2.C2H4O2/c3*1-2-3-4(5)6;1-2(3)4/h3*2-3H2,1H3,(H,5,6);1H3,(H,3,4). The van der Waals surface area contributed by atoms with E-state index < -0.39 is 23.9 Å². The van der Waals surface area contributed by atoms with Crippen molar-refractivity contribution < 1.29 is 39.6 Å². The highest BCUT2D eigenvalue weighted by Crippen LogP contribution is 1.83. The molecule has 8 nitrogen and oxygen atoms in total. The van der Waals surface area contributed by atoms with Gasteiger partial charge in [0.25, 0.3) is 5.97 Å². The number of carbonyl (C=O) groups is 4. The Morgan fingerprint density at radius 3 is 0.727 bits per heavy atom. The van der Waals surface area contributed by atoms with Gasteiger partial charge in [-0.2, -0.15) is 0 Å². The van der Waals surface area contributed by atoms with Gasteiger partial charge in [-0.25, -0.2) is 0 Å². The van der Waals surface area contributed by atoms with Gasteiger partial charge in [0.05, 0.1) is 0 Å². The third-order valence-electron chi connectivity index (χ3n) is 1.39. The van der Waals surface area contributed by atoms with Gasteiger partial charge >= 0.3 is 17.9 Å². The van der Waals surface area contributed by atoms with E-state index in [2.05, 4.69) is 0 Å². The van der Waals surface area contributed by atoms with E-state index in [1.807, 2.05) is 20.8 Å². The number of carboxylic acids is 4. The van der Waals surface area contributed by atoms with E-state index >= 15 is 0 Å². The Hall–Kier alpha value is -2.12. The SMILES string of the molecule is CC(=O)O.CCCC(=O)O.CCCC(=O)O.CCCC(=O)O. The van der Waals surface area contributed by atoms with Crippen LogP contribution in [0.4, 0.5) is 0 Å². The van der Waals surface area contributed by atoms with Crippen LogP contribution in [0.2, 0.25) is 0 Å². The van der Waals surface area contributed by atoms with Crippen molar-refractivity contribution in [1.82, 2.24) is 0 Å². The highest BCUT2D eigenvalue weighted by molar-refractivity contribution is 5.67. The topological polar surface area (TPSA) is 149 Å². The molecule has 0 aliphatic rings. The minimum Gasteiger partial charge on any atom is -0.481 e. The van der Waals surface area contributed by atoms with E-state index in [-0.39, 0.29) is 0 Å². The van der Waals surface area contributed by atoms with Gasteiger partial charge in [0.1, 0.15) is 0 Å². The fourth-order valence-corrected chi connectivity index (χ4v) is 0.642. The van der Waals surface area contributed by atoms with Crippen molar-refractivity contribution in [2.75, 3.05) is 0 Å². The second kappa shape index (κ2) is 23.9. The molecule has 0 aliphatic carbocycles. The molecule has 0 atom stereocenters. The molecule has 0 fully saturated rings. The Labute approximate surface area is 130 Å². The van der Waals surface area contributed by atoms with Crippen LogP contribution in [0.25, 0.3) is 0 Å². The first-order valence-electron chi connectivity index (χ1n) is 6.89. The molecule has 0 radical (unpaired) electrons. The third kappa shape index (κ3) is 108. The molecule has 0 aromatic rings. The van der Waals surface area contributed by atoms with Gasteiger partial charge in [0.15, 0.2) is 0 Å². The summed E-state index contributed by atoms with van der Waals surface area (Å²) < 4.78 is 0. The van der Waals surface area contributed by atoms with Crippen molar-refractivity contribution in [3.8, 4) is 0 Å². The van der Waals surface area contributed by atoms with Crippen molar-refractivity contribution in [3.05, 3.63) is 0 Å². The van der Waals surface area contributed by atoms with Crippen LogP contribution in [0.15, 0.2) is 0 Å². The fraction of sp³-hybridized carbons (Fsp3) is 0.714. The Kier molecular flexibility index (Phi) is 30.6. The molecule has 0 saturated carbocycles. The molecule has 0 aromatic heterocycles. The number of hydrogen-bond acceptors (Lipinski definition) is 4. The number of hydrogen-bond donors (Lipinski definition) is 4. The lowest BCUT2D eigenvalue weighted by molar-refractivity contribution is -0.138. The minimum absolute atomic E-state index is 0.292. The first-order chi connectivity index (χ1) is 10.0. The van der Waals surface area contributed by atoms with Crippen LogP contribution in [-0.4, -0.2) is 44.3 Å². The van der Waals surface area contributed by atoms with Crippen molar-refractivity contribution in [2.45, 2.75) is 66.2 Å². The van der Waals surface area contributed by atoms with Crippen molar-refractivity contribution in [2.24, 2.45) is 0 Å². The van der Waals surface area contributed by atoms with Crippen LogP contribution in [0.1, 0.15) is 66.2 Å². The van der Waals surface area contributed by atoms with Gasteiger partial charge in [-0.15, -0.1) is 0 Å². The number of rotatable bonds is 6. The Morgan fingerprint density at radius 2 is 0.727 bits per heavy atom. The summed E-state index contributed by atoms with van der Waals surface area (Å²) >= 11 is 0. The third-order valence-corrected chi connectivity index (χ3v) is 1.39. The molecule has 0 spiro atoms. The van der Waals surface area contributed by atoms with Gasteiger partial charge in [-0.1, -0.05) is 20.8 Å². The fourth-order valence-electron chi connectivity index (χ4n) is 0.642. The van der Waals surface area contributed by atoms with Gasteiger partial charge < -0.3 is 20.4 Å². The van der Waals surface area contributed by atoms with Gasteiger partial charge in [0, 0.05) is 26.2 Å². The molecule has 0 unspecified atom stereocenters. The average molecular weight is 324 g/mol. The molecule has 0 aromatic carbocycles. The van der Waals surface area contributed by atoms with Crippen LogP contribution in [0, 0.1) is 0 Å². The quantitative estimate of drug-likeness (QED) is 0.582. The summed E-state index contributed by atoms with van der Waals surface area (Å²) in [5.41, 5.74) is 0. The summed E-state index contributed by atoms with van der Waals surface area (Å²) in [5, 5.41) is 31.2. The molecule has 0 aliphatic heterocycles. The second-order valence-electron chi connectivity index (χ2n) is 3.95. The molecule has 4 N–H and O–H groups in total. The van der Waals surface area contributed by atoms with Crippen LogP contribution in [-0.2, 0) is 19.2 Å². The lowest BCUT2D eigenvalue weighted by Gasteiger charge is -1.79. The van der Waals surface area contributed by atoms with Crippen LogP contribution in [0.5, 0.6) is 0 Å². The molecule has 8 heteroatoms. The second-order valence-corrected chi connectivity index (χ2v) is 3.95. The van der Waals surface area contributed by atoms with Crippen molar-refractivity contribution >= 4 is 23.9 Å². The predicted octanol–water partition coefficient (Wildman–Crippen LogP) is 2.70. The zero-order chi connectivity index (χ0) is 18.6. The smallest absolute Gasteiger partial charge is 0.303 e. The average Bonchev–Trinajstić information content (AvgIpc) is 2.28. The predicted molar refractivity (Wildman–Crippen MR) is 80.9 cm³/mol. The Morgan fingerprint density at radius 1 is 0.591 bits per heavy atom. The van der Waals surface area contributed by atoms with E-state index in [0.717, 1.165) is 26.2 Å².